The number of pyridine rings is 1. The van der Waals surface area contributed by atoms with E-state index in [4.69, 9.17) is 0 Å². The summed E-state index contributed by atoms with van der Waals surface area (Å²) in [7, 11) is 0. The van der Waals surface area contributed by atoms with E-state index >= 15 is 0 Å². The number of benzene rings is 2. The molecule has 0 saturated carbocycles. The lowest BCUT2D eigenvalue weighted by Crippen LogP contribution is -2.51. The SMILES string of the molecule is CC(CN1CCN(c2ccccn2)CC1)NC(=O)c1ccccc1-c1ccccc1. The van der Waals surface area contributed by atoms with Crippen molar-refractivity contribution < 1.29 is 4.79 Å². The largest absolute Gasteiger partial charge is 0.354 e. The van der Waals surface area contributed by atoms with Gasteiger partial charge in [0.2, 0.25) is 0 Å². The molecule has 2 aromatic carbocycles. The highest BCUT2D eigenvalue weighted by atomic mass is 16.1. The van der Waals surface area contributed by atoms with Crippen LogP contribution in [0, 0.1) is 0 Å². The van der Waals surface area contributed by atoms with E-state index in [0.717, 1.165) is 55.2 Å². The molecule has 5 nitrogen and oxygen atoms in total. The fourth-order valence-electron chi connectivity index (χ4n) is 3.99. The fourth-order valence-corrected chi connectivity index (χ4v) is 3.99. The molecule has 1 atom stereocenters. The fraction of sp³-hybridized carbons (Fsp3) is 0.280. The first kappa shape index (κ1) is 20.1. The molecular formula is C25H28N4O. The van der Waals surface area contributed by atoms with Crippen LogP contribution in [0.1, 0.15) is 17.3 Å². The Balaban J connectivity index is 1.33. The molecule has 1 aromatic heterocycles. The molecule has 0 bridgehead atoms. The van der Waals surface area contributed by atoms with Crippen LogP contribution in [-0.2, 0) is 0 Å². The number of nitrogens with zero attached hydrogens (tertiary/aromatic N) is 3. The summed E-state index contributed by atoms with van der Waals surface area (Å²) in [5.74, 6) is 1.02. The summed E-state index contributed by atoms with van der Waals surface area (Å²) in [6.07, 6.45) is 1.84. The second kappa shape index (κ2) is 9.55. The molecule has 1 aliphatic rings. The molecule has 1 N–H and O–H groups in total. The van der Waals surface area contributed by atoms with Gasteiger partial charge in [-0.15, -0.1) is 0 Å². The van der Waals surface area contributed by atoms with Crippen molar-refractivity contribution in [2.75, 3.05) is 37.6 Å². The number of piperazine rings is 1. The van der Waals surface area contributed by atoms with Crippen LogP contribution in [-0.4, -0.2) is 54.6 Å². The number of hydrogen-bond donors (Lipinski definition) is 1. The third-order valence-corrected chi connectivity index (χ3v) is 5.51. The minimum Gasteiger partial charge on any atom is -0.354 e. The molecule has 1 amide bonds. The van der Waals surface area contributed by atoms with E-state index in [1.807, 2.05) is 72.9 Å². The first-order chi connectivity index (χ1) is 14.7. The predicted molar refractivity (Wildman–Crippen MR) is 122 cm³/mol. The summed E-state index contributed by atoms with van der Waals surface area (Å²) >= 11 is 0. The van der Waals surface area contributed by atoms with E-state index in [9.17, 15) is 4.79 Å². The van der Waals surface area contributed by atoms with Gasteiger partial charge in [0.15, 0.2) is 0 Å². The van der Waals surface area contributed by atoms with Gasteiger partial charge in [-0.05, 0) is 36.2 Å². The Labute approximate surface area is 178 Å². The maximum atomic E-state index is 13.0. The Kier molecular flexibility index (Phi) is 6.40. The van der Waals surface area contributed by atoms with Gasteiger partial charge in [0.05, 0.1) is 0 Å². The molecule has 3 aromatic rings. The lowest BCUT2D eigenvalue weighted by molar-refractivity contribution is 0.0928. The molecule has 4 rings (SSSR count). The molecule has 1 unspecified atom stereocenters. The molecule has 0 radical (unpaired) electrons. The molecular weight excluding hydrogens is 372 g/mol. The molecule has 154 valence electrons. The van der Waals surface area contributed by atoms with Crippen molar-refractivity contribution in [2.45, 2.75) is 13.0 Å². The molecule has 5 heteroatoms. The Hall–Kier alpha value is -3.18. The van der Waals surface area contributed by atoms with Crippen molar-refractivity contribution in [2.24, 2.45) is 0 Å². The van der Waals surface area contributed by atoms with Gasteiger partial charge in [0.25, 0.3) is 5.91 Å². The van der Waals surface area contributed by atoms with Gasteiger partial charge in [-0.1, -0.05) is 54.6 Å². The van der Waals surface area contributed by atoms with Crippen LogP contribution in [0.25, 0.3) is 11.1 Å². The second-order valence-corrected chi connectivity index (χ2v) is 7.76. The average Bonchev–Trinajstić information content (AvgIpc) is 2.80. The zero-order valence-electron chi connectivity index (χ0n) is 17.4. The van der Waals surface area contributed by atoms with E-state index < -0.39 is 0 Å². The van der Waals surface area contributed by atoms with Crippen LogP contribution in [0.3, 0.4) is 0 Å². The average molecular weight is 401 g/mol. The van der Waals surface area contributed by atoms with Crippen molar-refractivity contribution in [1.82, 2.24) is 15.2 Å². The molecule has 0 spiro atoms. The summed E-state index contributed by atoms with van der Waals surface area (Å²) in [6.45, 7) is 6.77. The van der Waals surface area contributed by atoms with Crippen molar-refractivity contribution in [3.05, 3.63) is 84.6 Å². The van der Waals surface area contributed by atoms with E-state index in [-0.39, 0.29) is 11.9 Å². The van der Waals surface area contributed by atoms with E-state index in [1.54, 1.807) is 0 Å². The summed E-state index contributed by atoms with van der Waals surface area (Å²) in [4.78, 5) is 22.2. The highest BCUT2D eigenvalue weighted by Crippen LogP contribution is 2.23. The van der Waals surface area contributed by atoms with Gasteiger partial charge in [-0.2, -0.15) is 0 Å². The normalized spacial score (nSPS) is 15.6. The first-order valence-corrected chi connectivity index (χ1v) is 10.5. The quantitative estimate of drug-likeness (QED) is 0.686. The van der Waals surface area contributed by atoms with Gasteiger partial charge >= 0.3 is 0 Å². The molecule has 1 fully saturated rings. The van der Waals surface area contributed by atoms with Gasteiger partial charge in [0.1, 0.15) is 5.82 Å². The Bertz CT molecular complexity index is 953. The second-order valence-electron chi connectivity index (χ2n) is 7.76. The first-order valence-electron chi connectivity index (χ1n) is 10.5. The lowest BCUT2D eigenvalue weighted by atomic mass is 9.99. The Morgan fingerprint density at radius 1 is 0.933 bits per heavy atom. The number of carbonyl (C=O) groups is 1. The number of hydrogen-bond acceptors (Lipinski definition) is 4. The highest BCUT2D eigenvalue weighted by molar-refractivity contribution is 6.01. The lowest BCUT2D eigenvalue weighted by Gasteiger charge is -2.36. The summed E-state index contributed by atoms with van der Waals surface area (Å²) in [5.41, 5.74) is 2.74. The maximum absolute atomic E-state index is 13.0. The topological polar surface area (TPSA) is 48.5 Å². The van der Waals surface area contributed by atoms with Crippen molar-refractivity contribution in [3.63, 3.8) is 0 Å². The van der Waals surface area contributed by atoms with Crippen LogP contribution in [0.2, 0.25) is 0 Å². The molecule has 1 saturated heterocycles. The smallest absolute Gasteiger partial charge is 0.252 e. The van der Waals surface area contributed by atoms with Crippen LogP contribution in [0.15, 0.2) is 79.0 Å². The molecule has 0 aliphatic carbocycles. The Morgan fingerprint density at radius 2 is 1.63 bits per heavy atom. The number of anilines is 1. The number of carbonyl (C=O) groups excluding carboxylic acids is 1. The van der Waals surface area contributed by atoms with E-state index in [1.165, 1.54) is 0 Å². The van der Waals surface area contributed by atoms with Crippen molar-refractivity contribution in [3.8, 4) is 11.1 Å². The van der Waals surface area contributed by atoms with Crippen LogP contribution in [0.4, 0.5) is 5.82 Å². The number of aromatic nitrogens is 1. The maximum Gasteiger partial charge on any atom is 0.252 e. The van der Waals surface area contributed by atoms with Crippen LogP contribution >= 0.6 is 0 Å². The van der Waals surface area contributed by atoms with Crippen molar-refractivity contribution >= 4 is 11.7 Å². The minimum absolute atomic E-state index is 0.0194. The zero-order chi connectivity index (χ0) is 20.8. The summed E-state index contributed by atoms with van der Waals surface area (Å²) < 4.78 is 0. The van der Waals surface area contributed by atoms with Crippen molar-refractivity contribution in [1.29, 1.82) is 0 Å². The number of rotatable bonds is 6. The van der Waals surface area contributed by atoms with E-state index in [0.29, 0.717) is 0 Å². The van der Waals surface area contributed by atoms with Gasteiger partial charge < -0.3 is 10.2 Å². The Morgan fingerprint density at radius 3 is 2.37 bits per heavy atom. The van der Waals surface area contributed by atoms with Gasteiger partial charge in [-0.25, -0.2) is 4.98 Å². The minimum atomic E-state index is -0.0194. The van der Waals surface area contributed by atoms with Gasteiger partial charge in [-0.3, -0.25) is 9.69 Å². The van der Waals surface area contributed by atoms with E-state index in [2.05, 4.69) is 33.1 Å². The molecule has 30 heavy (non-hydrogen) atoms. The third-order valence-electron chi connectivity index (χ3n) is 5.51. The monoisotopic (exact) mass is 400 g/mol. The summed E-state index contributed by atoms with van der Waals surface area (Å²) in [5, 5.41) is 3.19. The molecule has 2 heterocycles. The summed E-state index contributed by atoms with van der Waals surface area (Å²) in [6, 6.07) is 24.0. The van der Waals surface area contributed by atoms with Gasteiger partial charge in [0, 0.05) is 50.5 Å². The number of nitrogens with one attached hydrogen (secondary N) is 1. The molecule has 1 aliphatic heterocycles. The van der Waals surface area contributed by atoms with Crippen LogP contribution < -0.4 is 10.2 Å². The van der Waals surface area contributed by atoms with Crippen LogP contribution in [0.5, 0.6) is 0 Å². The number of amides is 1. The zero-order valence-corrected chi connectivity index (χ0v) is 17.4. The standard InChI is InChI=1S/C25H28N4O/c1-20(19-28-15-17-29(18-16-28)24-13-7-8-14-26-24)27-25(30)23-12-6-5-11-22(23)21-9-3-2-4-10-21/h2-14,20H,15-19H2,1H3,(H,27,30). The highest BCUT2D eigenvalue weighted by Gasteiger charge is 2.21. The predicted octanol–water partition coefficient (Wildman–Crippen LogP) is 3.69. The third kappa shape index (κ3) is 4.86.